The molecular formula is C19H16ClN5O2. The SMILES string of the molecule is O=C(Nc1ccnc(Cl)c1)NC1CC(=O)N(c2cccc3cccnc23)C1. The summed E-state index contributed by atoms with van der Waals surface area (Å²) in [6.45, 7) is 0.388. The van der Waals surface area contributed by atoms with Gasteiger partial charge in [0.2, 0.25) is 5.91 Å². The number of carbonyl (C=O) groups is 2. The van der Waals surface area contributed by atoms with Crippen molar-refractivity contribution in [1.29, 1.82) is 0 Å². The van der Waals surface area contributed by atoms with Crippen molar-refractivity contribution in [3.8, 4) is 0 Å². The minimum atomic E-state index is -0.395. The number of aromatic nitrogens is 2. The van der Waals surface area contributed by atoms with E-state index in [1.807, 2.05) is 30.3 Å². The smallest absolute Gasteiger partial charge is 0.319 e. The zero-order valence-electron chi connectivity index (χ0n) is 14.2. The molecule has 3 amide bonds. The summed E-state index contributed by atoms with van der Waals surface area (Å²) in [5.74, 6) is -0.0505. The van der Waals surface area contributed by atoms with Gasteiger partial charge in [-0.1, -0.05) is 29.8 Å². The number of para-hydroxylation sites is 1. The fourth-order valence-corrected chi connectivity index (χ4v) is 3.35. The van der Waals surface area contributed by atoms with Crippen molar-refractivity contribution in [3.63, 3.8) is 0 Å². The lowest BCUT2D eigenvalue weighted by atomic mass is 10.2. The minimum absolute atomic E-state index is 0.0505. The van der Waals surface area contributed by atoms with Crippen LogP contribution in [0.15, 0.2) is 54.9 Å². The third-order valence-corrected chi connectivity index (χ3v) is 4.55. The first-order chi connectivity index (χ1) is 13.1. The maximum absolute atomic E-state index is 12.5. The van der Waals surface area contributed by atoms with Crippen LogP contribution in [-0.2, 0) is 4.79 Å². The number of carbonyl (C=O) groups excluding carboxylic acids is 2. The first-order valence-electron chi connectivity index (χ1n) is 8.43. The van der Waals surface area contributed by atoms with Crippen molar-refractivity contribution in [2.75, 3.05) is 16.8 Å². The van der Waals surface area contributed by atoms with Crippen LogP contribution < -0.4 is 15.5 Å². The molecule has 1 atom stereocenters. The molecule has 7 nitrogen and oxygen atoms in total. The lowest BCUT2D eigenvalue weighted by Crippen LogP contribution is -2.39. The first kappa shape index (κ1) is 17.2. The van der Waals surface area contributed by atoms with Gasteiger partial charge in [0.1, 0.15) is 5.15 Å². The van der Waals surface area contributed by atoms with Gasteiger partial charge in [-0.3, -0.25) is 9.78 Å². The number of fused-ring (bicyclic) bond motifs is 1. The second-order valence-corrected chi connectivity index (χ2v) is 6.61. The Morgan fingerprint density at radius 3 is 2.85 bits per heavy atom. The number of rotatable bonds is 3. The van der Waals surface area contributed by atoms with Gasteiger partial charge < -0.3 is 15.5 Å². The largest absolute Gasteiger partial charge is 0.333 e. The molecule has 3 heterocycles. The summed E-state index contributed by atoms with van der Waals surface area (Å²) in [5, 5.41) is 6.78. The molecule has 1 fully saturated rings. The maximum Gasteiger partial charge on any atom is 0.319 e. The Morgan fingerprint density at radius 1 is 1.15 bits per heavy atom. The average Bonchev–Trinajstić information content (AvgIpc) is 3.01. The van der Waals surface area contributed by atoms with Crippen molar-refractivity contribution in [2.45, 2.75) is 12.5 Å². The van der Waals surface area contributed by atoms with Gasteiger partial charge in [0.05, 0.1) is 17.2 Å². The molecule has 0 saturated carbocycles. The zero-order valence-corrected chi connectivity index (χ0v) is 15.0. The van der Waals surface area contributed by atoms with Gasteiger partial charge in [0, 0.05) is 36.4 Å². The number of benzene rings is 1. The highest BCUT2D eigenvalue weighted by Crippen LogP contribution is 2.28. The normalized spacial score (nSPS) is 16.6. The number of hydrogen-bond donors (Lipinski definition) is 2. The Morgan fingerprint density at radius 2 is 2.00 bits per heavy atom. The molecule has 3 aromatic rings. The van der Waals surface area contributed by atoms with Gasteiger partial charge >= 0.3 is 6.03 Å². The van der Waals surface area contributed by atoms with E-state index in [1.54, 1.807) is 23.2 Å². The maximum atomic E-state index is 12.5. The van der Waals surface area contributed by atoms with E-state index < -0.39 is 6.03 Å². The van der Waals surface area contributed by atoms with Crippen LogP contribution in [0.3, 0.4) is 0 Å². The van der Waals surface area contributed by atoms with Gasteiger partial charge in [-0.2, -0.15) is 0 Å². The number of amides is 3. The van der Waals surface area contributed by atoms with E-state index >= 15 is 0 Å². The molecule has 27 heavy (non-hydrogen) atoms. The predicted molar refractivity (Wildman–Crippen MR) is 104 cm³/mol. The molecule has 0 radical (unpaired) electrons. The number of halogens is 1. The number of anilines is 2. The number of urea groups is 1. The summed E-state index contributed by atoms with van der Waals surface area (Å²) in [5.41, 5.74) is 2.06. The Balaban J connectivity index is 1.47. The van der Waals surface area contributed by atoms with Gasteiger partial charge in [-0.05, 0) is 24.3 Å². The van der Waals surface area contributed by atoms with Crippen molar-refractivity contribution in [2.24, 2.45) is 0 Å². The molecule has 0 aliphatic carbocycles. The second kappa shape index (κ2) is 7.20. The van der Waals surface area contributed by atoms with Crippen molar-refractivity contribution >= 4 is 45.8 Å². The molecule has 2 N–H and O–H groups in total. The molecule has 1 aliphatic heterocycles. The fourth-order valence-electron chi connectivity index (χ4n) is 3.18. The molecule has 1 aromatic carbocycles. The quantitative estimate of drug-likeness (QED) is 0.682. The summed E-state index contributed by atoms with van der Waals surface area (Å²) in [4.78, 5) is 34.7. The molecule has 1 aliphatic rings. The van der Waals surface area contributed by atoms with Crippen LogP contribution in [-0.4, -0.2) is 34.5 Å². The van der Waals surface area contributed by atoms with Gasteiger partial charge in [-0.15, -0.1) is 0 Å². The fraction of sp³-hybridized carbons (Fsp3) is 0.158. The summed E-state index contributed by atoms with van der Waals surface area (Å²) < 4.78 is 0. The molecule has 0 bridgehead atoms. The first-order valence-corrected chi connectivity index (χ1v) is 8.81. The molecule has 8 heteroatoms. The van der Waals surface area contributed by atoms with Crippen molar-refractivity contribution < 1.29 is 9.59 Å². The summed E-state index contributed by atoms with van der Waals surface area (Å²) in [6, 6.07) is 12.0. The van der Waals surface area contributed by atoms with E-state index in [-0.39, 0.29) is 18.4 Å². The molecular weight excluding hydrogens is 366 g/mol. The predicted octanol–water partition coefficient (Wildman–Crippen LogP) is 3.21. The van der Waals surface area contributed by atoms with Gasteiger partial charge in [0.25, 0.3) is 0 Å². The third-order valence-electron chi connectivity index (χ3n) is 4.35. The molecule has 1 unspecified atom stereocenters. The number of nitrogens with one attached hydrogen (secondary N) is 2. The van der Waals surface area contributed by atoms with E-state index in [2.05, 4.69) is 20.6 Å². The second-order valence-electron chi connectivity index (χ2n) is 6.22. The van der Waals surface area contributed by atoms with E-state index in [0.29, 0.717) is 17.4 Å². The van der Waals surface area contributed by atoms with Crippen LogP contribution in [0.2, 0.25) is 5.15 Å². The van der Waals surface area contributed by atoms with E-state index in [1.165, 1.54) is 6.20 Å². The Hall–Kier alpha value is -3.19. The Kier molecular flexibility index (Phi) is 4.60. The highest BCUT2D eigenvalue weighted by molar-refractivity contribution is 6.29. The third kappa shape index (κ3) is 3.68. The van der Waals surface area contributed by atoms with Crippen LogP contribution in [0.25, 0.3) is 10.9 Å². The van der Waals surface area contributed by atoms with Crippen LogP contribution in [0.5, 0.6) is 0 Å². The average molecular weight is 382 g/mol. The standard InChI is InChI=1S/C19H16ClN5O2/c20-16-9-13(6-8-21-16)23-19(27)24-14-10-17(26)25(11-14)15-5-1-3-12-4-2-7-22-18(12)15/h1-9,14H,10-11H2,(H2,21,23,24,27). The van der Waals surface area contributed by atoms with Crippen LogP contribution in [0.4, 0.5) is 16.2 Å². The highest BCUT2D eigenvalue weighted by Gasteiger charge is 2.32. The lowest BCUT2D eigenvalue weighted by Gasteiger charge is -2.18. The topological polar surface area (TPSA) is 87.2 Å². The van der Waals surface area contributed by atoms with Crippen LogP contribution in [0, 0.1) is 0 Å². The molecule has 0 spiro atoms. The minimum Gasteiger partial charge on any atom is -0.333 e. The lowest BCUT2D eigenvalue weighted by molar-refractivity contribution is -0.117. The van der Waals surface area contributed by atoms with Gasteiger partial charge in [-0.25, -0.2) is 9.78 Å². The van der Waals surface area contributed by atoms with Crippen molar-refractivity contribution in [1.82, 2.24) is 15.3 Å². The highest BCUT2D eigenvalue weighted by atomic mass is 35.5. The Labute approximate surface area is 160 Å². The zero-order chi connectivity index (χ0) is 18.8. The van der Waals surface area contributed by atoms with Crippen LogP contribution >= 0.6 is 11.6 Å². The summed E-state index contributed by atoms with van der Waals surface area (Å²) in [7, 11) is 0. The Bertz CT molecular complexity index is 1020. The summed E-state index contributed by atoms with van der Waals surface area (Å²) >= 11 is 5.81. The van der Waals surface area contributed by atoms with E-state index in [9.17, 15) is 9.59 Å². The van der Waals surface area contributed by atoms with Crippen LogP contribution in [0.1, 0.15) is 6.42 Å². The van der Waals surface area contributed by atoms with E-state index in [4.69, 9.17) is 11.6 Å². The van der Waals surface area contributed by atoms with E-state index in [0.717, 1.165) is 16.6 Å². The number of pyridine rings is 2. The molecule has 2 aromatic heterocycles. The monoisotopic (exact) mass is 381 g/mol. The van der Waals surface area contributed by atoms with Gasteiger partial charge in [0.15, 0.2) is 0 Å². The number of hydrogen-bond acceptors (Lipinski definition) is 4. The molecule has 1 saturated heterocycles. The number of nitrogens with zero attached hydrogens (tertiary/aromatic N) is 3. The van der Waals surface area contributed by atoms with Crippen molar-refractivity contribution in [3.05, 3.63) is 60.0 Å². The molecule has 4 rings (SSSR count). The summed E-state index contributed by atoms with van der Waals surface area (Å²) in [6.07, 6.45) is 3.44. The molecule has 136 valence electrons.